The fraction of sp³-hybridized carbons (Fsp3) is 0.739. The SMILES string of the molecule is O=C(O)CCCCCCC/C=C\CCCCCCCCNCCc1cnc[nH]1. The highest BCUT2D eigenvalue weighted by Gasteiger charge is 1.96. The molecule has 0 spiro atoms. The maximum Gasteiger partial charge on any atom is 0.303 e. The van der Waals surface area contributed by atoms with E-state index in [9.17, 15) is 4.79 Å². The lowest BCUT2D eigenvalue weighted by atomic mass is 10.1. The molecule has 0 amide bonds. The first-order chi connectivity index (χ1) is 13.8. The zero-order valence-electron chi connectivity index (χ0n) is 17.6. The van der Waals surface area contributed by atoms with Gasteiger partial charge in [-0.1, -0.05) is 57.1 Å². The molecule has 0 saturated heterocycles. The Labute approximate surface area is 171 Å². The summed E-state index contributed by atoms with van der Waals surface area (Å²) >= 11 is 0. The van der Waals surface area contributed by atoms with Crippen molar-refractivity contribution < 1.29 is 9.90 Å². The van der Waals surface area contributed by atoms with E-state index in [1.54, 1.807) is 6.33 Å². The van der Waals surface area contributed by atoms with Crippen LogP contribution < -0.4 is 5.32 Å². The number of hydrogen-bond acceptors (Lipinski definition) is 3. The molecule has 5 nitrogen and oxygen atoms in total. The van der Waals surface area contributed by atoms with Crippen LogP contribution >= 0.6 is 0 Å². The van der Waals surface area contributed by atoms with Gasteiger partial charge in [-0.2, -0.15) is 0 Å². The normalized spacial score (nSPS) is 11.4. The first-order valence-electron chi connectivity index (χ1n) is 11.3. The summed E-state index contributed by atoms with van der Waals surface area (Å²) in [6.07, 6.45) is 25.5. The second-order valence-electron chi connectivity index (χ2n) is 7.66. The topological polar surface area (TPSA) is 78.0 Å². The molecule has 0 atom stereocenters. The van der Waals surface area contributed by atoms with Crippen molar-refractivity contribution in [1.82, 2.24) is 15.3 Å². The fourth-order valence-electron chi connectivity index (χ4n) is 3.29. The summed E-state index contributed by atoms with van der Waals surface area (Å²) in [5, 5.41) is 12.1. The third-order valence-electron chi connectivity index (χ3n) is 5.03. The number of carbonyl (C=O) groups is 1. The zero-order valence-corrected chi connectivity index (χ0v) is 17.6. The summed E-state index contributed by atoms with van der Waals surface area (Å²) in [6.45, 7) is 2.15. The molecule has 0 fully saturated rings. The molecule has 1 heterocycles. The second kappa shape index (κ2) is 18.7. The van der Waals surface area contributed by atoms with E-state index in [-0.39, 0.29) is 0 Å². The van der Waals surface area contributed by atoms with E-state index in [1.807, 2.05) is 6.20 Å². The monoisotopic (exact) mass is 391 g/mol. The molecule has 1 rings (SSSR count). The molecule has 5 heteroatoms. The van der Waals surface area contributed by atoms with Gasteiger partial charge in [0.25, 0.3) is 0 Å². The Morgan fingerprint density at radius 2 is 1.50 bits per heavy atom. The third-order valence-corrected chi connectivity index (χ3v) is 5.03. The molecule has 28 heavy (non-hydrogen) atoms. The van der Waals surface area contributed by atoms with Crippen LogP contribution in [0.15, 0.2) is 24.7 Å². The van der Waals surface area contributed by atoms with Gasteiger partial charge in [-0.15, -0.1) is 0 Å². The van der Waals surface area contributed by atoms with Crippen LogP contribution in [0.3, 0.4) is 0 Å². The standard InChI is InChI=1S/C23H41N3O2/c27-23(28)16-14-12-10-8-6-4-2-1-3-5-7-9-11-13-15-18-24-19-17-22-20-25-21-26-22/h1-2,20-21,24H,3-19H2,(H,25,26)(H,27,28)/b2-1-. The molecule has 1 aromatic rings. The van der Waals surface area contributed by atoms with Crippen molar-refractivity contribution in [2.24, 2.45) is 0 Å². The van der Waals surface area contributed by atoms with Crippen molar-refractivity contribution >= 4 is 5.97 Å². The van der Waals surface area contributed by atoms with Crippen molar-refractivity contribution in [2.75, 3.05) is 13.1 Å². The summed E-state index contributed by atoms with van der Waals surface area (Å²) in [5.74, 6) is -0.669. The van der Waals surface area contributed by atoms with E-state index < -0.39 is 5.97 Å². The molecule has 3 N–H and O–H groups in total. The molecular formula is C23H41N3O2. The lowest BCUT2D eigenvalue weighted by Gasteiger charge is -2.04. The van der Waals surface area contributed by atoms with E-state index >= 15 is 0 Å². The Kier molecular flexibility index (Phi) is 16.3. The number of carboxylic acid groups (broad SMARTS) is 1. The van der Waals surface area contributed by atoms with Gasteiger partial charge in [-0.05, 0) is 45.1 Å². The number of carboxylic acids is 1. The maximum atomic E-state index is 10.4. The highest BCUT2D eigenvalue weighted by molar-refractivity contribution is 5.66. The van der Waals surface area contributed by atoms with E-state index in [0.29, 0.717) is 6.42 Å². The first kappa shape index (κ1) is 24.4. The summed E-state index contributed by atoms with van der Waals surface area (Å²) in [5.41, 5.74) is 1.20. The quantitative estimate of drug-likeness (QED) is 0.198. The van der Waals surface area contributed by atoms with Crippen LogP contribution in [-0.4, -0.2) is 34.1 Å². The lowest BCUT2D eigenvalue weighted by Crippen LogP contribution is -2.18. The van der Waals surface area contributed by atoms with Gasteiger partial charge < -0.3 is 15.4 Å². The highest BCUT2D eigenvalue weighted by Crippen LogP contribution is 2.10. The molecule has 0 aromatic carbocycles. The molecule has 160 valence electrons. The number of nitrogens with one attached hydrogen (secondary N) is 2. The summed E-state index contributed by atoms with van der Waals surface area (Å²) in [4.78, 5) is 17.6. The Morgan fingerprint density at radius 3 is 2.11 bits per heavy atom. The zero-order chi connectivity index (χ0) is 20.1. The summed E-state index contributed by atoms with van der Waals surface area (Å²) < 4.78 is 0. The molecule has 0 saturated carbocycles. The number of nitrogens with zero attached hydrogens (tertiary/aromatic N) is 1. The predicted molar refractivity (Wildman–Crippen MR) is 117 cm³/mol. The number of rotatable bonds is 20. The van der Waals surface area contributed by atoms with Crippen molar-refractivity contribution in [3.8, 4) is 0 Å². The van der Waals surface area contributed by atoms with Gasteiger partial charge in [-0.25, -0.2) is 4.98 Å². The molecule has 0 bridgehead atoms. The Balaban J connectivity index is 1.70. The van der Waals surface area contributed by atoms with E-state index in [4.69, 9.17) is 5.11 Å². The van der Waals surface area contributed by atoms with Gasteiger partial charge in [-0.3, -0.25) is 4.79 Å². The van der Waals surface area contributed by atoms with E-state index in [1.165, 1.54) is 76.3 Å². The molecule has 0 aliphatic carbocycles. The van der Waals surface area contributed by atoms with Crippen LogP contribution in [0, 0.1) is 0 Å². The van der Waals surface area contributed by atoms with Crippen molar-refractivity contribution in [1.29, 1.82) is 0 Å². The summed E-state index contributed by atoms with van der Waals surface area (Å²) in [7, 11) is 0. The van der Waals surface area contributed by atoms with Crippen LogP contribution in [0.5, 0.6) is 0 Å². The average molecular weight is 392 g/mol. The van der Waals surface area contributed by atoms with Gasteiger partial charge in [0, 0.05) is 31.3 Å². The fourth-order valence-corrected chi connectivity index (χ4v) is 3.29. The van der Waals surface area contributed by atoms with Gasteiger partial charge >= 0.3 is 5.97 Å². The minimum atomic E-state index is -0.669. The van der Waals surface area contributed by atoms with Gasteiger partial charge in [0.2, 0.25) is 0 Å². The number of imidazole rings is 1. The predicted octanol–water partition coefficient (Wildman–Crippen LogP) is 5.64. The Bertz CT molecular complexity index is 486. The molecule has 0 aliphatic heterocycles. The summed E-state index contributed by atoms with van der Waals surface area (Å²) in [6, 6.07) is 0. The van der Waals surface area contributed by atoms with Gasteiger partial charge in [0.1, 0.15) is 0 Å². The van der Waals surface area contributed by atoms with Crippen molar-refractivity contribution in [2.45, 2.75) is 96.3 Å². The lowest BCUT2D eigenvalue weighted by molar-refractivity contribution is -0.137. The largest absolute Gasteiger partial charge is 0.481 e. The number of aliphatic carboxylic acids is 1. The van der Waals surface area contributed by atoms with Gasteiger partial charge in [0.05, 0.1) is 6.33 Å². The van der Waals surface area contributed by atoms with Gasteiger partial charge in [0.15, 0.2) is 0 Å². The molecule has 0 aliphatic rings. The third kappa shape index (κ3) is 16.5. The number of allylic oxidation sites excluding steroid dienone is 2. The number of hydrogen-bond donors (Lipinski definition) is 3. The minimum absolute atomic E-state index is 0.323. The highest BCUT2D eigenvalue weighted by atomic mass is 16.4. The van der Waals surface area contributed by atoms with Crippen LogP contribution in [0.1, 0.15) is 95.6 Å². The smallest absolute Gasteiger partial charge is 0.303 e. The molecule has 1 aromatic heterocycles. The number of aromatic nitrogens is 2. The molecular weight excluding hydrogens is 350 g/mol. The molecule has 0 unspecified atom stereocenters. The Hall–Kier alpha value is -1.62. The Morgan fingerprint density at radius 1 is 0.893 bits per heavy atom. The van der Waals surface area contributed by atoms with Crippen molar-refractivity contribution in [3.63, 3.8) is 0 Å². The number of aromatic amines is 1. The van der Waals surface area contributed by atoms with Crippen LogP contribution in [-0.2, 0) is 11.2 Å². The number of unbranched alkanes of at least 4 members (excludes halogenated alkanes) is 11. The van der Waals surface area contributed by atoms with Crippen molar-refractivity contribution in [3.05, 3.63) is 30.4 Å². The minimum Gasteiger partial charge on any atom is -0.481 e. The first-order valence-corrected chi connectivity index (χ1v) is 11.3. The number of H-pyrrole nitrogens is 1. The molecule has 0 radical (unpaired) electrons. The van der Waals surface area contributed by atoms with Crippen LogP contribution in [0.2, 0.25) is 0 Å². The maximum absolute atomic E-state index is 10.4. The average Bonchev–Trinajstić information content (AvgIpc) is 3.19. The van der Waals surface area contributed by atoms with E-state index in [2.05, 4.69) is 27.4 Å². The van der Waals surface area contributed by atoms with Crippen LogP contribution in [0.25, 0.3) is 0 Å². The van der Waals surface area contributed by atoms with Crippen LogP contribution in [0.4, 0.5) is 0 Å². The van der Waals surface area contributed by atoms with E-state index in [0.717, 1.165) is 32.4 Å². The second-order valence-corrected chi connectivity index (χ2v) is 7.66.